The Kier molecular flexibility index (Phi) is 4.58. The second-order valence-corrected chi connectivity index (χ2v) is 1.96. The quantitative estimate of drug-likeness (QED) is 0.457. The van der Waals surface area contributed by atoms with Crippen LogP contribution in [0.15, 0.2) is 12.2 Å². The first kappa shape index (κ1) is 9.17. The highest BCUT2D eigenvalue weighted by atomic mass is 16.5. The van der Waals surface area contributed by atoms with Crippen LogP contribution in [0.25, 0.3) is 0 Å². The zero-order chi connectivity index (χ0) is 7.98. The number of likely N-dealkylation sites (N-methyl/N-ethyl adjacent to an activating group) is 1. The molecule has 10 heavy (non-hydrogen) atoms. The molecule has 0 heterocycles. The lowest BCUT2D eigenvalue weighted by Crippen LogP contribution is -2.18. The van der Waals surface area contributed by atoms with Crippen molar-refractivity contribution in [2.45, 2.75) is 13.0 Å². The monoisotopic (exact) mass is 143 g/mol. The van der Waals surface area contributed by atoms with Crippen molar-refractivity contribution >= 4 is 5.97 Å². The minimum absolute atomic E-state index is 0.207. The summed E-state index contributed by atoms with van der Waals surface area (Å²) in [6.45, 7) is 1.94. The minimum atomic E-state index is -0.317. The van der Waals surface area contributed by atoms with Crippen LogP contribution < -0.4 is 5.32 Å². The molecule has 0 aliphatic heterocycles. The van der Waals surface area contributed by atoms with Gasteiger partial charge in [-0.2, -0.15) is 0 Å². The van der Waals surface area contributed by atoms with E-state index in [1.807, 2.05) is 14.0 Å². The molecule has 0 aromatic heterocycles. The zero-order valence-electron chi connectivity index (χ0n) is 6.55. The highest BCUT2D eigenvalue weighted by Crippen LogP contribution is 1.83. The Labute approximate surface area is 61.1 Å². The molecule has 0 rings (SSSR count). The van der Waals surface area contributed by atoms with E-state index in [0.29, 0.717) is 0 Å². The molecule has 0 bridgehead atoms. The van der Waals surface area contributed by atoms with Crippen LogP contribution in [0.5, 0.6) is 0 Å². The van der Waals surface area contributed by atoms with Crippen molar-refractivity contribution < 1.29 is 9.53 Å². The molecule has 0 radical (unpaired) electrons. The van der Waals surface area contributed by atoms with E-state index in [1.165, 1.54) is 13.2 Å². The van der Waals surface area contributed by atoms with E-state index < -0.39 is 0 Å². The summed E-state index contributed by atoms with van der Waals surface area (Å²) in [5.74, 6) is -0.317. The van der Waals surface area contributed by atoms with Crippen LogP contribution >= 0.6 is 0 Å². The van der Waals surface area contributed by atoms with Crippen LogP contribution in [-0.4, -0.2) is 26.2 Å². The van der Waals surface area contributed by atoms with Crippen molar-refractivity contribution in [3.05, 3.63) is 12.2 Å². The van der Waals surface area contributed by atoms with Crippen molar-refractivity contribution in [1.82, 2.24) is 5.32 Å². The smallest absolute Gasteiger partial charge is 0.330 e. The second kappa shape index (κ2) is 4.99. The summed E-state index contributed by atoms with van der Waals surface area (Å²) >= 11 is 0. The van der Waals surface area contributed by atoms with Gasteiger partial charge in [0, 0.05) is 12.1 Å². The molecular weight excluding hydrogens is 130 g/mol. The van der Waals surface area contributed by atoms with Gasteiger partial charge in [0.2, 0.25) is 0 Å². The number of rotatable bonds is 3. The van der Waals surface area contributed by atoms with Crippen LogP contribution in [0.1, 0.15) is 6.92 Å². The van der Waals surface area contributed by atoms with Crippen LogP contribution in [-0.2, 0) is 9.53 Å². The van der Waals surface area contributed by atoms with E-state index in [4.69, 9.17) is 0 Å². The van der Waals surface area contributed by atoms with Gasteiger partial charge in [-0.05, 0) is 14.0 Å². The number of hydrogen-bond acceptors (Lipinski definition) is 3. The molecule has 1 N–H and O–H groups in total. The van der Waals surface area contributed by atoms with Gasteiger partial charge in [0.15, 0.2) is 0 Å². The van der Waals surface area contributed by atoms with Gasteiger partial charge < -0.3 is 10.1 Å². The van der Waals surface area contributed by atoms with E-state index in [2.05, 4.69) is 10.1 Å². The molecule has 3 nitrogen and oxygen atoms in total. The maximum atomic E-state index is 10.5. The predicted molar refractivity (Wildman–Crippen MR) is 39.7 cm³/mol. The average Bonchev–Trinajstić information content (AvgIpc) is 1.99. The standard InChI is InChI=1S/C7H13NO2/c1-6(8-2)4-5-7(9)10-3/h4-6,8H,1-3H3/b5-4+. The third-order valence-corrected chi connectivity index (χ3v) is 1.18. The minimum Gasteiger partial charge on any atom is -0.466 e. The third kappa shape index (κ3) is 4.09. The van der Waals surface area contributed by atoms with Gasteiger partial charge >= 0.3 is 5.97 Å². The Morgan fingerprint density at radius 3 is 2.70 bits per heavy atom. The lowest BCUT2D eigenvalue weighted by Gasteiger charge is -2.00. The summed E-state index contributed by atoms with van der Waals surface area (Å²) in [6.07, 6.45) is 3.15. The number of carbonyl (C=O) groups excluding carboxylic acids is 1. The van der Waals surface area contributed by atoms with E-state index >= 15 is 0 Å². The Morgan fingerprint density at radius 1 is 1.70 bits per heavy atom. The zero-order valence-corrected chi connectivity index (χ0v) is 6.55. The molecule has 0 spiro atoms. The lowest BCUT2D eigenvalue weighted by molar-refractivity contribution is -0.134. The summed E-state index contributed by atoms with van der Waals surface area (Å²) in [4.78, 5) is 10.5. The lowest BCUT2D eigenvalue weighted by atomic mass is 10.3. The van der Waals surface area contributed by atoms with E-state index in [-0.39, 0.29) is 12.0 Å². The van der Waals surface area contributed by atoms with E-state index in [0.717, 1.165) is 0 Å². The van der Waals surface area contributed by atoms with Gasteiger partial charge in [-0.3, -0.25) is 0 Å². The second-order valence-electron chi connectivity index (χ2n) is 1.96. The molecule has 3 heteroatoms. The first-order valence-electron chi connectivity index (χ1n) is 3.14. The largest absolute Gasteiger partial charge is 0.466 e. The number of ether oxygens (including phenoxy) is 1. The maximum Gasteiger partial charge on any atom is 0.330 e. The summed E-state index contributed by atoms with van der Waals surface area (Å²) < 4.78 is 4.39. The van der Waals surface area contributed by atoms with Gasteiger partial charge in [0.1, 0.15) is 0 Å². The van der Waals surface area contributed by atoms with Crippen molar-refractivity contribution in [3.8, 4) is 0 Å². The fraction of sp³-hybridized carbons (Fsp3) is 0.571. The van der Waals surface area contributed by atoms with E-state index in [9.17, 15) is 4.79 Å². The summed E-state index contributed by atoms with van der Waals surface area (Å²) in [5, 5.41) is 2.95. The van der Waals surface area contributed by atoms with Crippen molar-refractivity contribution in [3.63, 3.8) is 0 Å². The Balaban J connectivity index is 3.63. The first-order chi connectivity index (χ1) is 4.70. The average molecular weight is 143 g/mol. The molecule has 0 saturated carbocycles. The van der Waals surface area contributed by atoms with Crippen molar-refractivity contribution in [2.24, 2.45) is 0 Å². The number of methoxy groups -OCH3 is 1. The maximum absolute atomic E-state index is 10.5. The SMILES string of the molecule is CNC(C)/C=C/C(=O)OC. The highest BCUT2D eigenvalue weighted by molar-refractivity contribution is 5.81. The number of nitrogens with one attached hydrogen (secondary N) is 1. The van der Waals surface area contributed by atoms with Crippen LogP contribution in [0.4, 0.5) is 0 Å². The molecule has 0 aliphatic carbocycles. The third-order valence-electron chi connectivity index (χ3n) is 1.18. The van der Waals surface area contributed by atoms with E-state index in [1.54, 1.807) is 6.08 Å². The number of carbonyl (C=O) groups is 1. The fourth-order valence-electron chi connectivity index (χ4n) is 0.387. The Bertz CT molecular complexity index is 132. The summed E-state index contributed by atoms with van der Waals surface area (Å²) in [6, 6.07) is 0.207. The summed E-state index contributed by atoms with van der Waals surface area (Å²) in [5.41, 5.74) is 0. The van der Waals surface area contributed by atoms with Gasteiger partial charge in [-0.1, -0.05) is 6.08 Å². The van der Waals surface area contributed by atoms with Crippen LogP contribution in [0.2, 0.25) is 0 Å². The van der Waals surface area contributed by atoms with Gasteiger partial charge in [0.05, 0.1) is 7.11 Å². The van der Waals surface area contributed by atoms with Crippen LogP contribution in [0, 0.1) is 0 Å². The Hall–Kier alpha value is -0.830. The molecule has 0 aromatic rings. The van der Waals surface area contributed by atoms with Gasteiger partial charge in [-0.25, -0.2) is 4.79 Å². The predicted octanol–water partition coefficient (Wildman–Crippen LogP) is 0.323. The Morgan fingerprint density at radius 2 is 2.30 bits per heavy atom. The van der Waals surface area contributed by atoms with Gasteiger partial charge in [0.25, 0.3) is 0 Å². The van der Waals surface area contributed by atoms with Crippen molar-refractivity contribution in [1.29, 1.82) is 0 Å². The molecule has 0 aromatic carbocycles. The highest BCUT2D eigenvalue weighted by Gasteiger charge is 1.93. The molecule has 0 amide bonds. The number of hydrogen-bond donors (Lipinski definition) is 1. The first-order valence-corrected chi connectivity index (χ1v) is 3.14. The molecule has 58 valence electrons. The molecule has 0 aliphatic rings. The van der Waals surface area contributed by atoms with Crippen LogP contribution in [0.3, 0.4) is 0 Å². The molecule has 0 saturated heterocycles. The normalized spacial score (nSPS) is 13.5. The summed E-state index contributed by atoms with van der Waals surface area (Å²) in [7, 11) is 3.18. The topological polar surface area (TPSA) is 38.3 Å². The fourth-order valence-corrected chi connectivity index (χ4v) is 0.387. The molecule has 0 fully saturated rings. The molecular formula is C7H13NO2. The molecule has 1 unspecified atom stereocenters. The molecule has 1 atom stereocenters. The van der Waals surface area contributed by atoms with Gasteiger partial charge in [-0.15, -0.1) is 0 Å². The van der Waals surface area contributed by atoms with Crippen molar-refractivity contribution in [2.75, 3.05) is 14.2 Å². The number of esters is 1.